The number of carbonyl (C=O) groups is 2. The minimum absolute atomic E-state index is 0.0598. The van der Waals surface area contributed by atoms with Gasteiger partial charge in [-0.1, -0.05) is 6.07 Å². The standard InChI is InChI=1S/C23H20F3N3O3/c1-28-7-6-15-8-14(2-4-18(15)28)11-27-21(31)29-12-22(13-29)10-19(30)17-9-16(23(24,25)26)3-5-20(17)32-22/h2-9H,10-13H2,1H3,(H,27,31). The second kappa shape index (κ2) is 7.01. The van der Waals surface area contributed by atoms with E-state index in [1.807, 2.05) is 42.1 Å². The molecular formula is C23H20F3N3O3. The SMILES string of the molecule is Cn1ccc2cc(CNC(=O)N3CC4(CC(=O)c5cc(C(F)(F)F)ccc5O4)C3)ccc21. The largest absolute Gasteiger partial charge is 0.482 e. The molecule has 2 amide bonds. The minimum atomic E-state index is -4.53. The number of aryl methyl sites for hydroxylation is 1. The van der Waals surface area contributed by atoms with E-state index in [0.717, 1.165) is 28.6 Å². The van der Waals surface area contributed by atoms with Crippen molar-refractivity contribution < 1.29 is 27.5 Å². The maximum Gasteiger partial charge on any atom is 0.416 e. The summed E-state index contributed by atoms with van der Waals surface area (Å²) >= 11 is 0. The van der Waals surface area contributed by atoms with E-state index in [0.29, 0.717) is 6.54 Å². The molecule has 6 nitrogen and oxygen atoms in total. The molecule has 9 heteroatoms. The van der Waals surface area contributed by atoms with Gasteiger partial charge in [-0.25, -0.2) is 4.79 Å². The van der Waals surface area contributed by atoms with Gasteiger partial charge in [-0.05, 0) is 47.3 Å². The molecule has 5 rings (SSSR count). The number of fused-ring (bicyclic) bond motifs is 2. The van der Waals surface area contributed by atoms with Gasteiger partial charge in [0.25, 0.3) is 0 Å². The summed E-state index contributed by atoms with van der Waals surface area (Å²) in [6, 6.07) is 10.6. The lowest BCUT2D eigenvalue weighted by atomic mass is 9.83. The molecule has 0 unspecified atom stereocenters. The summed E-state index contributed by atoms with van der Waals surface area (Å²) in [6.07, 6.45) is -2.61. The van der Waals surface area contributed by atoms with Crippen LogP contribution in [0.1, 0.15) is 27.9 Å². The van der Waals surface area contributed by atoms with E-state index < -0.39 is 23.1 Å². The Kier molecular flexibility index (Phi) is 4.47. The highest BCUT2D eigenvalue weighted by Gasteiger charge is 2.52. The maximum absolute atomic E-state index is 12.9. The number of urea groups is 1. The Morgan fingerprint density at radius 2 is 1.94 bits per heavy atom. The van der Waals surface area contributed by atoms with Gasteiger partial charge in [0, 0.05) is 25.3 Å². The van der Waals surface area contributed by atoms with Crippen LogP contribution in [-0.4, -0.2) is 40.0 Å². The predicted octanol–water partition coefficient (Wildman–Crippen LogP) is 4.13. The smallest absolute Gasteiger partial charge is 0.416 e. The van der Waals surface area contributed by atoms with Gasteiger partial charge in [-0.3, -0.25) is 4.79 Å². The van der Waals surface area contributed by atoms with Gasteiger partial charge in [0.1, 0.15) is 5.75 Å². The van der Waals surface area contributed by atoms with Gasteiger partial charge >= 0.3 is 12.2 Å². The number of benzene rings is 2. The molecule has 1 saturated heterocycles. The van der Waals surface area contributed by atoms with Crippen LogP contribution >= 0.6 is 0 Å². The van der Waals surface area contributed by atoms with Crippen molar-refractivity contribution >= 4 is 22.7 Å². The van der Waals surface area contributed by atoms with Crippen molar-refractivity contribution in [3.63, 3.8) is 0 Å². The highest BCUT2D eigenvalue weighted by atomic mass is 19.4. The Bertz CT molecular complexity index is 1240. The molecule has 3 heterocycles. The Morgan fingerprint density at radius 1 is 1.16 bits per heavy atom. The molecule has 1 N–H and O–H groups in total. The van der Waals surface area contributed by atoms with E-state index in [9.17, 15) is 22.8 Å². The number of aromatic nitrogens is 1. The van der Waals surface area contributed by atoms with Gasteiger partial charge in [0.2, 0.25) is 0 Å². The van der Waals surface area contributed by atoms with Gasteiger partial charge in [0.15, 0.2) is 11.4 Å². The lowest BCUT2D eigenvalue weighted by Crippen LogP contribution is -2.69. The minimum Gasteiger partial charge on any atom is -0.482 e. The van der Waals surface area contributed by atoms with Gasteiger partial charge < -0.3 is 19.5 Å². The molecule has 0 atom stereocenters. The molecule has 1 fully saturated rings. The molecule has 0 saturated carbocycles. The van der Waals surface area contributed by atoms with Crippen LogP contribution < -0.4 is 10.1 Å². The van der Waals surface area contributed by atoms with Crippen LogP contribution in [0.4, 0.5) is 18.0 Å². The summed E-state index contributed by atoms with van der Waals surface area (Å²) in [4.78, 5) is 26.6. The molecule has 1 spiro atoms. The van der Waals surface area contributed by atoms with E-state index in [2.05, 4.69) is 5.32 Å². The van der Waals surface area contributed by atoms with Crippen LogP contribution in [0.15, 0.2) is 48.7 Å². The number of rotatable bonds is 2. The first-order valence-corrected chi connectivity index (χ1v) is 10.1. The highest BCUT2D eigenvalue weighted by molar-refractivity contribution is 6.01. The Morgan fingerprint density at radius 3 is 2.69 bits per heavy atom. The number of alkyl halides is 3. The summed E-state index contributed by atoms with van der Waals surface area (Å²) in [5, 5.41) is 3.95. The third-order valence-electron chi connectivity index (χ3n) is 6.06. The fraction of sp³-hybridized carbons (Fsp3) is 0.304. The van der Waals surface area contributed by atoms with Crippen LogP contribution in [0.25, 0.3) is 10.9 Å². The van der Waals surface area contributed by atoms with Crippen molar-refractivity contribution in [2.75, 3.05) is 13.1 Å². The molecule has 2 aliphatic heterocycles. The first kappa shape index (κ1) is 20.4. The van der Waals surface area contributed by atoms with Crippen molar-refractivity contribution in [1.82, 2.24) is 14.8 Å². The molecule has 2 aromatic carbocycles. The van der Waals surface area contributed by atoms with Crippen molar-refractivity contribution in [2.45, 2.75) is 24.7 Å². The van der Waals surface area contributed by atoms with Crippen LogP contribution in [0.3, 0.4) is 0 Å². The summed E-state index contributed by atoms with van der Waals surface area (Å²) in [7, 11) is 1.97. The number of hydrogen-bond acceptors (Lipinski definition) is 3. The lowest BCUT2D eigenvalue weighted by molar-refractivity contribution is -0.137. The molecule has 0 aliphatic carbocycles. The summed E-state index contributed by atoms with van der Waals surface area (Å²) in [6.45, 7) is 0.752. The third-order valence-corrected chi connectivity index (χ3v) is 6.06. The quantitative estimate of drug-likeness (QED) is 0.648. The first-order chi connectivity index (χ1) is 15.1. The first-order valence-electron chi connectivity index (χ1n) is 10.1. The molecule has 0 radical (unpaired) electrons. The van der Waals surface area contributed by atoms with Gasteiger partial charge in [0.05, 0.1) is 30.6 Å². The van der Waals surface area contributed by atoms with Gasteiger partial charge in [-0.2, -0.15) is 13.2 Å². The van der Waals surface area contributed by atoms with E-state index in [1.165, 1.54) is 11.0 Å². The topological polar surface area (TPSA) is 63.6 Å². The number of Topliss-reactive ketones (excluding diaryl/α,β-unsaturated/α-hetero) is 1. The van der Waals surface area contributed by atoms with Crippen LogP contribution in [-0.2, 0) is 19.8 Å². The number of hydrogen-bond donors (Lipinski definition) is 1. The number of likely N-dealkylation sites (tertiary alicyclic amines) is 1. The summed E-state index contributed by atoms with van der Waals surface area (Å²) < 4.78 is 46.7. The monoisotopic (exact) mass is 443 g/mol. The summed E-state index contributed by atoms with van der Waals surface area (Å²) in [5.41, 5.74) is 0.235. The highest BCUT2D eigenvalue weighted by Crippen LogP contribution is 2.41. The maximum atomic E-state index is 12.9. The molecule has 3 aromatic rings. The number of nitrogens with zero attached hydrogens (tertiary/aromatic N) is 2. The van der Waals surface area contributed by atoms with Crippen molar-refractivity contribution in [3.05, 3.63) is 65.4 Å². The number of amides is 2. The van der Waals surface area contributed by atoms with Crippen molar-refractivity contribution in [1.29, 1.82) is 0 Å². The molecule has 2 aliphatic rings. The van der Waals surface area contributed by atoms with Crippen molar-refractivity contribution in [2.24, 2.45) is 7.05 Å². The van der Waals surface area contributed by atoms with Crippen LogP contribution in [0, 0.1) is 0 Å². The lowest BCUT2D eigenvalue weighted by Gasteiger charge is -2.50. The average Bonchev–Trinajstić information content (AvgIpc) is 3.09. The van der Waals surface area contributed by atoms with Crippen LogP contribution in [0.2, 0.25) is 0 Å². The normalized spacial score (nSPS) is 17.1. The summed E-state index contributed by atoms with van der Waals surface area (Å²) in [5.74, 6) is -0.279. The van der Waals surface area contributed by atoms with Crippen LogP contribution in [0.5, 0.6) is 5.75 Å². The molecular weight excluding hydrogens is 423 g/mol. The zero-order chi connectivity index (χ0) is 22.7. The Hall–Kier alpha value is -3.49. The average molecular weight is 443 g/mol. The third kappa shape index (κ3) is 3.47. The second-order valence-corrected chi connectivity index (χ2v) is 8.43. The van der Waals surface area contributed by atoms with E-state index in [1.54, 1.807) is 0 Å². The number of nitrogens with one attached hydrogen (secondary N) is 1. The second-order valence-electron chi connectivity index (χ2n) is 8.43. The van der Waals surface area contributed by atoms with E-state index >= 15 is 0 Å². The number of ether oxygens (including phenoxy) is 1. The zero-order valence-electron chi connectivity index (χ0n) is 17.2. The molecule has 32 heavy (non-hydrogen) atoms. The molecule has 0 bridgehead atoms. The Balaban J connectivity index is 1.21. The number of halogens is 3. The van der Waals surface area contributed by atoms with Crippen molar-refractivity contribution in [3.8, 4) is 5.75 Å². The number of carbonyl (C=O) groups excluding carboxylic acids is 2. The zero-order valence-corrected chi connectivity index (χ0v) is 17.2. The molecule has 1 aromatic heterocycles. The fourth-order valence-electron chi connectivity index (χ4n) is 4.37. The van der Waals surface area contributed by atoms with E-state index in [4.69, 9.17) is 4.74 Å². The fourth-order valence-corrected chi connectivity index (χ4v) is 4.37. The van der Waals surface area contributed by atoms with E-state index in [-0.39, 0.29) is 36.9 Å². The molecule has 166 valence electrons. The predicted molar refractivity (Wildman–Crippen MR) is 110 cm³/mol. The van der Waals surface area contributed by atoms with Gasteiger partial charge in [-0.15, -0.1) is 0 Å². The Labute approximate surface area is 181 Å². The number of ketones is 1.